The molecule has 3 nitrogen and oxygen atoms in total. The Bertz CT molecular complexity index is 326. The van der Waals surface area contributed by atoms with Crippen molar-refractivity contribution in [2.75, 3.05) is 45.8 Å². The molecular weight excluding hydrogens is 230 g/mol. The molecule has 1 N–H and O–H groups in total. The molecule has 0 bridgehead atoms. The van der Waals surface area contributed by atoms with E-state index in [0.29, 0.717) is 0 Å². The van der Waals surface area contributed by atoms with Gasteiger partial charge in [0.1, 0.15) is 0 Å². The van der Waals surface area contributed by atoms with Gasteiger partial charge in [-0.15, -0.1) is 0 Å². The van der Waals surface area contributed by atoms with E-state index in [9.17, 15) is 0 Å². The number of nitrogens with zero attached hydrogens (tertiary/aromatic N) is 2. The second-order valence-electron chi connectivity index (χ2n) is 5.07. The first-order chi connectivity index (χ1) is 8.42. The van der Waals surface area contributed by atoms with Crippen LogP contribution in [-0.4, -0.2) is 61.7 Å². The Kier molecular flexibility index (Phi) is 3.76. The summed E-state index contributed by atoms with van der Waals surface area (Å²) in [6.07, 6.45) is 1.22. The van der Waals surface area contributed by atoms with Gasteiger partial charge in [-0.3, -0.25) is 4.90 Å². The first-order valence-corrected chi connectivity index (χ1v) is 7.54. The van der Waals surface area contributed by atoms with Gasteiger partial charge in [0.15, 0.2) is 0 Å². The third-order valence-electron chi connectivity index (χ3n) is 3.98. The number of piperazine rings is 1. The fourth-order valence-corrected chi connectivity index (χ4v) is 3.31. The van der Waals surface area contributed by atoms with E-state index in [1.165, 1.54) is 57.8 Å². The van der Waals surface area contributed by atoms with E-state index in [0.717, 1.165) is 6.04 Å². The van der Waals surface area contributed by atoms with Gasteiger partial charge >= 0.3 is 0 Å². The first-order valence-electron chi connectivity index (χ1n) is 6.60. The fraction of sp³-hybridized carbons (Fsp3) is 0.692. The Labute approximate surface area is 107 Å². The average Bonchev–Trinajstić information content (AvgIpc) is 2.79. The van der Waals surface area contributed by atoms with Crippen LogP contribution < -0.4 is 5.32 Å². The van der Waals surface area contributed by atoms with Crippen LogP contribution >= 0.6 is 11.3 Å². The van der Waals surface area contributed by atoms with Gasteiger partial charge in [0, 0.05) is 51.9 Å². The molecule has 1 aromatic rings. The van der Waals surface area contributed by atoms with Gasteiger partial charge in [0.05, 0.1) is 0 Å². The molecule has 0 atom stereocenters. The monoisotopic (exact) mass is 251 g/mol. The van der Waals surface area contributed by atoms with Crippen molar-refractivity contribution in [2.45, 2.75) is 12.5 Å². The van der Waals surface area contributed by atoms with E-state index in [1.807, 2.05) is 11.3 Å². The molecule has 0 unspecified atom stereocenters. The van der Waals surface area contributed by atoms with Gasteiger partial charge in [-0.25, -0.2) is 0 Å². The maximum atomic E-state index is 3.36. The zero-order valence-corrected chi connectivity index (χ0v) is 11.1. The lowest BCUT2D eigenvalue weighted by molar-refractivity contribution is 0.0734. The van der Waals surface area contributed by atoms with Gasteiger partial charge in [0.2, 0.25) is 0 Å². The topological polar surface area (TPSA) is 18.5 Å². The van der Waals surface area contributed by atoms with Gasteiger partial charge in [-0.2, -0.15) is 11.3 Å². The van der Waals surface area contributed by atoms with Gasteiger partial charge in [-0.1, -0.05) is 0 Å². The van der Waals surface area contributed by atoms with E-state index in [2.05, 4.69) is 31.9 Å². The SMILES string of the molecule is c1cc(CCN2CCN(C3CNC3)CC2)cs1. The second kappa shape index (κ2) is 5.48. The zero-order valence-electron chi connectivity index (χ0n) is 10.3. The maximum Gasteiger partial charge on any atom is 0.0346 e. The van der Waals surface area contributed by atoms with Gasteiger partial charge in [0.25, 0.3) is 0 Å². The molecule has 0 spiro atoms. The summed E-state index contributed by atoms with van der Waals surface area (Å²) in [6.45, 7) is 8.66. The number of nitrogens with one attached hydrogen (secondary N) is 1. The molecule has 0 aliphatic carbocycles. The maximum absolute atomic E-state index is 3.36. The summed E-state index contributed by atoms with van der Waals surface area (Å²) in [4.78, 5) is 5.26. The first kappa shape index (κ1) is 11.7. The normalized spacial score (nSPS) is 23.8. The van der Waals surface area contributed by atoms with Crippen molar-refractivity contribution in [3.05, 3.63) is 22.4 Å². The van der Waals surface area contributed by atoms with Crippen LogP contribution in [0.4, 0.5) is 0 Å². The average molecular weight is 251 g/mol. The summed E-state index contributed by atoms with van der Waals surface area (Å²) in [5.74, 6) is 0. The van der Waals surface area contributed by atoms with Crippen molar-refractivity contribution < 1.29 is 0 Å². The van der Waals surface area contributed by atoms with Crippen molar-refractivity contribution in [3.8, 4) is 0 Å². The second-order valence-corrected chi connectivity index (χ2v) is 5.85. The molecule has 94 valence electrons. The van der Waals surface area contributed by atoms with Crippen molar-refractivity contribution in [2.24, 2.45) is 0 Å². The Morgan fingerprint density at radius 2 is 2.06 bits per heavy atom. The van der Waals surface area contributed by atoms with E-state index < -0.39 is 0 Å². The summed E-state index contributed by atoms with van der Waals surface area (Å²) >= 11 is 1.81. The molecule has 4 heteroatoms. The number of hydrogen-bond donors (Lipinski definition) is 1. The highest BCUT2D eigenvalue weighted by atomic mass is 32.1. The Morgan fingerprint density at radius 3 is 2.65 bits per heavy atom. The fourth-order valence-electron chi connectivity index (χ4n) is 2.61. The summed E-state index contributed by atoms with van der Waals surface area (Å²) in [7, 11) is 0. The molecule has 0 aromatic carbocycles. The van der Waals surface area contributed by atoms with Crippen molar-refractivity contribution in [1.82, 2.24) is 15.1 Å². The summed E-state index contributed by atoms with van der Waals surface area (Å²) in [5, 5.41) is 7.81. The lowest BCUT2D eigenvalue weighted by atomic mass is 10.1. The van der Waals surface area contributed by atoms with Crippen LogP contribution in [0.3, 0.4) is 0 Å². The standard InChI is InChI=1S/C13H21N3S/c1(12-2-8-17-11-12)3-15-4-6-16(7-5-15)13-9-14-10-13/h2,8,11,13-14H,1,3-7,9-10H2. The summed E-state index contributed by atoms with van der Waals surface area (Å²) < 4.78 is 0. The van der Waals surface area contributed by atoms with E-state index in [4.69, 9.17) is 0 Å². The van der Waals surface area contributed by atoms with E-state index >= 15 is 0 Å². The van der Waals surface area contributed by atoms with Crippen molar-refractivity contribution in [3.63, 3.8) is 0 Å². The van der Waals surface area contributed by atoms with Crippen LogP contribution in [0.25, 0.3) is 0 Å². The van der Waals surface area contributed by atoms with E-state index in [1.54, 1.807) is 0 Å². The number of hydrogen-bond acceptors (Lipinski definition) is 4. The van der Waals surface area contributed by atoms with Crippen LogP contribution in [-0.2, 0) is 6.42 Å². The molecule has 3 heterocycles. The predicted octanol–water partition coefficient (Wildman–Crippen LogP) is 0.880. The molecule has 2 aliphatic heterocycles. The smallest absolute Gasteiger partial charge is 0.0346 e. The zero-order chi connectivity index (χ0) is 11.5. The van der Waals surface area contributed by atoms with Gasteiger partial charge in [-0.05, 0) is 28.8 Å². The predicted molar refractivity (Wildman–Crippen MR) is 72.7 cm³/mol. The Hall–Kier alpha value is -0.420. The van der Waals surface area contributed by atoms with Crippen LogP contribution in [0.2, 0.25) is 0 Å². The molecule has 1 aromatic heterocycles. The molecular formula is C13H21N3S. The molecule has 2 aliphatic rings. The Morgan fingerprint density at radius 1 is 1.24 bits per heavy atom. The van der Waals surface area contributed by atoms with E-state index in [-0.39, 0.29) is 0 Å². The largest absolute Gasteiger partial charge is 0.314 e. The highest BCUT2D eigenvalue weighted by molar-refractivity contribution is 7.07. The third kappa shape index (κ3) is 2.88. The number of thiophene rings is 1. The Balaban J connectivity index is 1.39. The van der Waals surface area contributed by atoms with Crippen LogP contribution in [0.15, 0.2) is 16.8 Å². The third-order valence-corrected chi connectivity index (χ3v) is 4.71. The van der Waals surface area contributed by atoms with Gasteiger partial charge < -0.3 is 10.2 Å². The van der Waals surface area contributed by atoms with Crippen LogP contribution in [0.1, 0.15) is 5.56 Å². The lowest BCUT2D eigenvalue weighted by Gasteiger charge is -2.43. The van der Waals surface area contributed by atoms with Crippen molar-refractivity contribution in [1.29, 1.82) is 0 Å². The summed E-state index contributed by atoms with van der Waals surface area (Å²) in [5.41, 5.74) is 1.50. The molecule has 0 saturated carbocycles. The molecule has 0 radical (unpaired) electrons. The summed E-state index contributed by atoms with van der Waals surface area (Å²) in [6, 6.07) is 3.08. The molecule has 3 rings (SSSR count). The number of rotatable bonds is 4. The molecule has 2 fully saturated rings. The highest BCUT2D eigenvalue weighted by Crippen LogP contribution is 2.11. The van der Waals surface area contributed by atoms with Crippen LogP contribution in [0, 0.1) is 0 Å². The minimum Gasteiger partial charge on any atom is -0.314 e. The van der Waals surface area contributed by atoms with Crippen molar-refractivity contribution >= 4 is 11.3 Å². The molecule has 2 saturated heterocycles. The molecule has 17 heavy (non-hydrogen) atoms. The highest BCUT2D eigenvalue weighted by Gasteiger charge is 2.27. The van der Waals surface area contributed by atoms with Crippen LogP contribution in [0.5, 0.6) is 0 Å². The minimum absolute atomic E-state index is 0.828. The molecule has 0 amide bonds. The minimum atomic E-state index is 0.828. The lowest BCUT2D eigenvalue weighted by Crippen LogP contribution is -2.61. The quantitative estimate of drug-likeness (QED) is 0.857.